The van der Waals surface area contributed by atoms with Gasteiger partial charge in [0, 0.05) is 6.04 Å². The molecule has 16 heavy (non-hydrogen) atoms. The highest BCUT2D eigenvalue weighted by atomic mass is 32.2. The number of hydrogen-bond donors (Lipinski definition) is 2. The standard InChI is InChI=1S/C10H22N2O2S2/c1-3-4-5-6-7-9(2)12-16(13,14)8-10(11)15/h9,12H,3-8H2,1-2H3,(H2,11,15). The van der Waals surface area contributed by atoms with Crippen LogP contribution >= 0.6 is 12.2 Å². The molecular formula is C10H22N2O2S2. The maximum absolute atomic E-state index is 11.5. The lowest BCUT2D eigenvalue weighted by Gasteiger charge is -2.13. The summed E-state index contributed by atoms with van der Waals surface area (Å²) in [6, 6.07) is -0.0452. The summed E-state index contributed by atoms with van der Waals surface area (Å²) in [5.74, 6) is -0.262. The van der Waals surface area contributed by atoms with Gasteiger partial charge in [0.1, 0.15) is 5.75 Å². The molecule has 0 bridgehead atoms. The smallest absolute Gasteiger partial charge is 0.218 e. The summed E-state index contributed by atoms with van der Waals surface area (Å²) in [7, 11) is -3.34. The summed E-state index contributed by atoms with van der Waals surface area (Å²) in [5, 5.41) is 0. The van der Waals surface area contributed by atoms with Gasteiger partial charge in [0.2, 0.25) is 10.0 Å². The van der Waals surface area contributed by atoms with E-state index in [4.69, 9.17) is 5.73 Å². The van der Waals surface area contributed by atoms with E-state index in [0.717, 1.165) is 19.3 Å². The van der Waals surface area contributed by atoms with Gasteiger partial charge in [-0.05, 0) is 13.3 Å². The van der Waals surface area contributed by atoms with Gasteiger partial charge in [0.05, 0.1) is 4.99 Å². The second kappa shape index (κ2) is 7.97. The van der Waals surface area contributed by atoms with E-state index in [9.17, 15) is 8.42 Å². The van der Waals surface area contributed by atoms with Crippen LogP contribution in [-0.4, -0.2) is 25.2 Å². The summed E-state index contributed by atoms with van der Waals surface area (Å²) in [5.41, 5.74) is 5.21. The van der Waals surface area contributed by atoms with Crippen molar-refractivity contribution in [3.05, 3.63) is 0 Å². The van der Waals surface area contributed by atoms with Crippen LogP contribution in [-0.2, 0) is 10.0 Å². The number of sulfonamides is 1. The van der Waals surface area contributed by atoms with Crippen LogP contribution in [0.5, 0.6) is 0 Å². The molecule has 0 aliphatic carbocycles. The number of unbranched alkanes of at least 4 members (excludes halogenated alkanes) is 3. The molecule has 3 N–H and O–H groups in total. The molecule has 0 radical (unpaired) electrons. The van der Waals surface area contributed by atoms with Crippen molar-refractivity contribution in [1.82, 2.24) is 4.72 Å². The zero-order valence-corrected chi connectivity index (χ0v) is 11.7. The maximum Gasteiger partial charge on any atom is 0.218 e. The van der Waals surface area contributed by atoms with Gasteiger partial charge >= 0.3 is 0 Å². The van der Waals surface area contributed by atoms with E-state index in [1.807, 2.05) is 6.92 Å². The van der Waals surface area contributed by atoms with Crippen LogP contribution in [0.1, 0.15) is 46.0 Å². The summed E-state index contributed by atoms with van der Waals surface area (Å²) < 4.78 is 25.5. The third-order valence-corrected chi connectivity index (χ3v) is 3.98. The highest BCUT2D eigenvalue weighted by Crippen LogP contribution is 2.06. The van der Waals surface area contributed by atoms with Crippen LogP contribution in [0, 0.1) is 0 Å². The van der Waals surface area contributed by atoms with Gasteiger partial charge < -0.3 is 5.73 Å². The summed E-state index contributed by atoms with van der Waals surface area (Å²) >= 11 is 4.58. The third-order valence-electron chi connectivity index (χ3n) is 2.20. The SMILES string of the molecule is CCCCCCC(C)NS(=O)(=O)CC(N)=S. The molecule has 1 atom stereocenters. The maximum atomic E-state index is 11.5. The van der Waals surface area contributed by atoms with Crippen molar-refractivity contribution in [2.24, 2.45) is 5.73 Å². The van der Waals surface area contributed by atoms with Crippen LogP contribution in [0.3, 0.4) is 0 Å². The Labute approximate surface area is 104 Å². The zero-order chi connectivity index (χ0) is 12.6. The molecular weight excluding hydrogens is 244 g/mol. The molecule has 0 aromatic rings. The number of hydrogen-bond acceptors (Lipinski definition) is 3. The van der Waals surface area contributed by atoms with Crippen molar-refractivity contribution in [2.45, 2.75) is 52.0 Å². The van der Waals surface area contributed by atoms with Crippen LogP contribution in [0.4, 0.5) is 0 Å². The molecule has 0 aromatic heterocycles. The van der Waals surface area contributed by atoms with Crippen molar-refractivity contribution in [3.63, 3.8) is 0 Å². The Morgan fingerprint density at radius 1 is 1.38 bits per heavy atom. The van der Waals surface area contributed by atoms with Crippen LogP contribution in [0.2, 0.25) is 0 Å². The van der Waals surface area contributed by atoms with E-state index in [2.05, 4.69) is 23.9 Å². The lowest BCUT2D eigenvalue weighted by atomic mass is 10.1. The molecule has 0 aliphatic heterocycles. The fraction of sp³-hybridized carbons (Fsp3) is 0.900. The first-order valence-electron chi connectivity index (χ1n) is 5.65. The second-order valence-corrected chi connectivity index (χ2v) is 6.37. The van der Waals surface area contributed by atoms with Crippen LogP contribution in [0.25, 0.3) is 0 Å². The van der Waals surface area contributed by atoms with Gasteiger partial charge in [-0.2, -0.15) is 0 Å². The number of rotatable bonds is 9. The molecule has 4 nitrogen and oxygen atoms in total. The van der Waals surface area contributed by atoms with E-state index in [-0.39, 0.29) is 16.8 Å². The Hall–Kier alpha value is -0.200. The molecule has 96 valence electrons. The predicted octanol–water partition coefficient (Wildman–Crippen LogP) is 1.55. The average Bonchev–Trinajstić information content (AvgIpc) is 2.09. The Kier molecular flexibility index (Phi) is 7.87. The molecule has 0 fully saturated rings. The fourth-order valence-corrected chi connectivity index (χ4v) is 3.13. The number of nitrogens with one attached hydrogen (secondary N) is 1. The molecule has 0 spiro atoms. The molecule has 0 saturated carbocycles. The first kappa shape index (κ1) is 15.8. The molecule has 0 aromatic carbocycles. The predicted molar refractivity (Wildman–Crippen MR) is 71.9 cm³/mol. The Morgan fingerprint density at radius 3 is 2.50 bits per heavy atom. The van der Waals surface area contributed by atoms with Gasteiger partial charge in [0.15, 0.2) is 0 Å². The lowest BCUT2D eigenvalue weighted by molar-refractivity contribution is 0.524. The van der Waals surface area contributed by atoms with E-state index >= 15 is 0 Å². The molecule has 0 saturated heterocycles. The van der Waals surface area contributed by atoms with Gasteiger partial charge in [-0.1, -0.05) is 44.8 Å². The molecule has 0 amide bonds. The van der Waals surface area contributed by atoms with Crippen molar-refractivity contribution in [3.8, 4) is 0 Å². The third kappa shape index (κ3) is 9.06. The molecule has 6 heteroatoms. The minimum absolute atomic E-state index is 0.00526. The Balaban J connectivity index is 3.85. The second-order valence-electron chi connectivity index (χ2n) is 4.09. The van der Waals surface area contributed by atoms with Crippen molar-refractivity contribution < 1.29 is 8.42 Å². The molecule has 0 rings (SSSR count). The van der Waals surface area contributed by atoms with Gasteiger partial charge in [-0.3, -0.25) is 0 Å². The van der Waals surface area contributed by atoms with Crippen molar-refractivity contribution >= 4 is 27.2 Å². The minimum Gasteiger partial charge on any atom is -0.392 e. The summed E-state index contributed by atoms with van der Waals surface area (Å²) in [6.45, 7) is 4.01. The van der Waals surface area contributed by atoms with Crippen LogP contribution in [0.15, 0.2) is 0 Å². The lowest BCUT2D eigenvalue weighted by Crippen LogP contribution is -2.37. The average molecular weight is 266 g/mol. The summed E-state index contributed by atoms with van der Waals surface area (Å²) in [4.78, 5) is 0.00526. The molecule has 1 unspecified atom stereocenters. The van der Waals surface area contributed by atoms with Gasteiger partial charge in [0.25, 0.3) is 0 Å². The van der Waals surface area contributed by atoms with E-state index < -0.39 is 10.0 Å². The van der Waals surface area contributed by atoms with E-state index in [0.29, 0.717) is 0 Å². The minimum atomic E-state index is -3.34. The first-order valence-corrected chi connectivity index (χ1v) is 7.71. The fourth-order valence-electron chi connectivity index (χ4n) is 1.47. The molecule has 0 aliphatic rings. The Morgan fingerprint density at radius 2 is 2.00 bits per heavy atom. The van der Waals surface area contributed by atoms with Crippen LogP contribution < -0.4 is 10.5 Å². The van der Waals surface area contributed by atoms with Gasteiger partial charge in [-0.25, -0.2) is 13.1 Å². The topological polar surface area (TPSA) is 72.2 Å². The van der Waals surface area contributed by atoms with Crippen molar-refractivity contribution in [1.29, 1.82) is 0 Å². The monoisotopic (exact) mass is 266 g/mol. The summed E-state index contributed by atoms with van der Waals surface area (Å²) in [6.07, 6.45) is 5.44. The number of nitrogens with two attached hydrogens (primary N) is 1. The van der Waals surface area contributed by atoms with Crippen molar-refractivity contribution in [2.75, 3.05) is 5.75 Å². The first-order chi connectivity index (χ1) is 7.37. The Bertz CT molecular complexity index is 302. The normalized spacial score (nSPS) is 13.6. The zero-order valence-electron chi connectivity index (χ0n) is 10.0. The number of thiocarbonyl (C=S) groups is 1. The molecule has 0 heterocycles. The largest absolute Gasteiger partial charge is 0.392 e. The van der Waals surface area contributed by atoms with Gasteiger partial charge in [-0.15, -0.1) is 0 Å². The highest BCUT2D eigenvalue weighted by molar-refractivity contribution is 7.92. The quantitative estimate of drug-likeness (QED) is 0.490. The highest BCUT2D eigenvalue weighted by Gasteiger charge is 2.14. The van der Waals surface area contributed by atoms with E-state index in [1.54, 1.807) is 0 Å². The van der Waals surface area contributed by atoms with E-state index in [1.165, 1.54) is 12.8 Å².